The maximum absolute atomic E-state index is 5.87. The second kappa shape index (κ2) is 7.43. The van der Waals surface area contributed by atoms with Gasteiger partial charge in [0.25, 0.3) is 0 Å². The molecule has 0 fully saturated rings. The van der Waals surface area contributed by atoms with Gasteiger partial charge in [-0.3, -0.25) is 4.99 Å². The van der Waals surface area contributed by atoms with Gasteiger partial charge >= 0.3 is 0 Å². The first-order valence-corrected chi connectivity index (χ1v) is 7.90. The molecule has 0 aliphatic carbocycles. The lowest BCUT2D eigenvalue weighted by molar-refractivity contribution is 0.811. The number of nitrogens with one attached hydrogen (secondary N) is 2. The average Bonchev–Trinajstić information content (AvgIpc) is 2.79. The number of halogens is 1. The third kappa shape index (κ3) is 4.72. The first-order valence-electron chi connectivity index (χ1n) is 6.70. The fraction of sp³-hybridized carbons (Fsp3) is 0.333. The zero-order chi connectivity index (χ0) is 15.2. The largest absolute Gasteiger partial charge is 0.352 e. The van der Waals surface area contributed by atoms with E-state index < -0.39 is 0 Å². The standard InChI is InChI=1S/C15H19ClN4S/c1-10-14(21-11(2)20-10)9-19-15(17-3)18-8-12-4-6-13(16)7-5-12/h4-7H,8-9H2,1-3H3,(H2,17,18,19). The van der Waals surface area contributed by atoms with Crippen LogP contribution in [-0.2, 0) is 13.1 Å². The maximum Gasteiger partial charge on any atom is 0.191 e. The summed E-state index contributed by atoms with van der Waals surface area (Å²) in [5, 5.41) is 8.43. The minimum absolute atomic E-state index is 0.706. The Bertz CT molecular complexity index is 619. The van der Waals surface area contributed by atoms with Gasteiger partial charge in [0.05, 0.1) is 17.2 Å². The highest BCUT2D eigenvalue weighted by Gasteiger charge is 2.05. The fourth-order valence-electron chi connectivity index (χ4n) is 1.91. The predicted octanol–water partition coefficient (Wildman–Crippen LogP) is 3.28. The van der Waals surface area contributed by atoms with Gasteiger partial charge in [-0.25, -0.2) is 4.98 Å². The topological polar surface area (TPSA) is 49.3 Å². The summed E-state index contributed by atoms with van der Waals surface area (Å²) >= 11 is 7.59. The maximum atomic E-state index is 5.87. The molecule has 0 aliphatic rings. The van der Waals surface area contributed by atoms with E-state index >= 15 is 0 Å². The van der Waals surface area contributed by atoms with E-state index in [4.69, 9.17) is 11.6 Å². The number of hydrogen-bond donors (Lipinski definition) is 2. The Hall–Kier alpha value is -1.59. The van der Waals surface area contributed by atoms with Crippen LogP contribution in [0.4, 0.5) is 0 Å². The van der Waals surface area contributed by atoms with E-state index in [-0.39, 0.29) is 0 Å². The summed E-state index contributed by atoms with van der Waals surface area (Å²) in [7, 11) is 1.77. The zero-order valence-electron chi connectivity index (χ0n) is 12.4. The van der Waals surface area contributed by atoms with Crippen molar-refractivity contribution in [2.24, 2.45) is 4.99 Å². The zero-order valence-corrected chi connectivity index (χ0v) is 14.0. The van der Waals surface area contributed by atoms with Gasteiger partial charge in [0, 0.05) is 23.5 Å². The molecule has 0 spiro atoms. The number of thiazole rings is 1. The number of guanidine groups is 1. The van der Waals surface area contributed by atoms with Crippen molar-refractivity contribution < 1.29 is 0 Å². The lowest BCUT2D eigenvalue weighted by Gasteiger charge is -2.11. The molecular formula is C15H19ClN4S. The predicted molar refractivity (Wildman–Crippen MR) is 90.1 cm³/mol. The number of aryl methyl sites for hydroxylation is 2. The molecule has 6 heteroatoms. The highest BCUT2D eigenvalue weighted by Crippen LogP contribution is 2.16. The van der Waals surface area contributed by atoms with Crippen LogP contribution in [0.25, 0.3) is 0 Å². The molecule has 1 aromatic carbocycles. The summed E-state index contributed by atoms with van der Waals surface area (Å²) < 4.78 is 0. The summed E-state index contributed by atoms with van der Waals surface area (Å²) in [4.78, 5) is 9.89. The number of aromatic nitrogens is 1. The highest BCUT2D eigenvalue weighted by atomic mass is 35.5. The Morgan fingerprint density at radius 2 is 1.86 bits per heavy atom. The average molecular weight is 323 g/mol. The van der Waals surface area contributed by atoms with Crippen LogP contribution in [0.3, 0.4) is 0 Å². The molecule has 1 heterocycles. The van der Waals surface area contributed by atoms with Gasteiger partial charge in [-0.05, 0) is 31.5 Å². The lowest BCUT2D eigenvalue weighted by Crippen LogP contribution is -2.36. The highest BCUT2D eigenvalue weighted by molar-refractivity contribution is 7.11. The Labute approximate surface area is 134 Å². The summed E-state index contributed by atoms with van der Waals surface area (Å²) in [5.41, 5.74) is 2.24. The van der Waals surface area contributed by atoms with Gasteiger partial charge in [0.1, 0.15) is 0 Å². The van der Waals surface area contributed by atoms with Crippen molar-refractivity contribution in [2.75, 3.05) is 7.05 Å². The van der Waals surface area contributed by atoms with Crippen LogP contribution in [-0.4, -0.2) is 18.0 Å². The first-order chi connectivity index (χ1) is 10.1. The van der Waals surface area contributed by atoms with Crippen molar-refractivity contribution in [1.29, 1.82) is 0 Å². The molecule has 0 saturated carbocycles. The van der Waals surface area contributed by atoms with E-state index in [1.807, 2.05) is 38.1 Å². The third-order valence-electron chi connectivity index (χ3n) is 3.01. The van der Waals surface area contributed by atoms with E-state index in [2.05, 4.69) is 20.6 Å². The minimum Gasteiger partial charge on any atom is -0.352 e. The monoisotopic (exact) mass is 322 g/mol. The third-order valence-corrected chi connectivity index (χ3v) is 4.34. The Kier molecular flexibility index (Phi) is 5.59. The van der Waals surface area contributed by atoms with E-state index in [1.54, 1.807) is 18.4 Å². The van der Waals surface area contributed by atoms with Gasteiger partial charge in [-0.15, -0.1) is 11.3 Å². The van der Waals surface area contributed by atoms with E-state index in [1.165, 1.54) is 4.88 Å². The Morgan fingerprint density at radius 1 is 1.19 bits per heavy atom. The van der Waals surface area contributed by atoms with E-state index in [0.717, 1.165) is 33.8 Å². The number of hydrogen-bond acceptors (Lipinski definition) is 3. The molecule has 0 amide bonds. The number of rotatable bonds is 4. The number of aliphatic imine (C=N–C) groups is 1. The molecule has 0 aliphatic heterocycles. The van der Waals surface area contributed by atoms with Gasteiger partial charge < -0.3 is 10.6 Å². The summed E-state index contributed by atoms with van der Waals surface area (Å²) in [5.74, 6) is 0.774. The van der Waals surface area contributed by atoms with E-state index in [9.17, 15) is 0 Å². The second-order valence-corrected chi connectivity index (χ2v) is 6.37. The van der Waals surface area contributed by atoms with Gasteiger partial charge in [0.2, 0.25) is 0 Å². The lowest BCUT2D eigenvalue weighted by atomic mass is 10.2. The number of benzene rings is 1. The van der Waals surface area contributed by atoms with Crippen LogP contribution in [0.1, 0.15) is 21.1 Å². The quantitative estimate of drug-likeness (QED) is 0.671. The van der Waals surface area contributed by atoms with Gasteiger partial charge in [-0.1, -0.05) is 23.7 Å². The summed E-state index contributed by atoms with van der Waals surface area (Å²) in [6.45, 7) is 5.49. The molecule has 21 heavy (non-hydrogen) atoms. The second-order valence-electron chi connectivity index (χ2n) is 4.65. The van der Waals surface area contributed by atoms with Gasteiger partial charge in [0.15, 0.2) is 5.96 Å². The minimum atomic E-state index is 0.706. The van der Waals surface area contributed by atoms with Crippen LogP contribution in [0.2, 0.25) is 5.02 Å². The molecule has 4 nitrogen and oxygen atoms in total. The molecule has 0 saturated heterocycles. The Morgan fingerprint density at radius 3 is 2.43 bits per heavy atom. The molecule has 0 bridgehead atoms. The van der Waals surface area contributed by atoms with Gasteiger partial charge in [-0.2, -0.15) is 0 Å². The molecule has 1 aromatic heterocycles. The molecule has 0 atom stereocenters. The molecule has 112 valence electrons. The normalized spacial score (nSPS) is 11.5. The van der Waals surface area contributed by atoms with Crippen LogP contribution in [0, 0.1) is 13.8 Å². The van der Waals surface area contributed by atoms with Crippen molar-refractivity contribution >= 4 is 28.9 Å². The molecule has 2 N–H and O–H groups in total. The van der Waals surface area contributed by atoms with E-state index in [0.29, 0.717) is 6.54 Å². The fourth-order valence-corrected chi connectivity index (χ4v) is 2.91. The molecular weight excluding hydrogens is 304 g/mol. The smallest absolute Gasteiger partial charge is 0.191 e. The number of nitrogens with zero attached hydrogens (tertiary/aromatic N) is 2. The molecule has 2 rings (SSSR count). The van der Waals surface area contributed by atoms with Crippen molar-refractivity contribution in [3.05, 3.63) is 50.4 Å². The van der Waals surface area contributed by atoms with Crippen molar-refractivity contribution in [3.63, 3.8) is 0 Å². The molecule has 2 aromatic rings. The van der Waals surface area contributed by atoms with Crippen LogP contribution >= 0.6 is 22.9 Å². The summed E-state index contributed by atoms with van der Waals surface area (Å²) in [6.07, 6.45) is 0. The van der Waals surface area contributed by atoms with Crippen molar-refractivity contribution in [2.45, 2.75) is 26.9 Å². The molecule has 0 radical (unpaired) electrons. The van der Waals surface area contributed by atoms with Crippen molar-refractivity contribution in [3.8, 4) is 0 Å². The first kappa shape index (κ1) is 15.8. The SMILES string of the molecule is CN=C(NCc1ccc(Cl)cc1)NCc1sc(C)nc1C. The van der Waals surface area contributed by atoms with Crippen LogP contribution in [0.5, 0.6) is 0 Å². The van der Waals surface area contributed by atoms with Crippen LogP contribution < -0.4 is 10.6 Å². The van der Waals surface area contributed by atoms with Crippen molar-refractivity contribution in [1.82, 2.24) is 15.6 Å². The van der Waals surface area contributed by atoms with Crippen LogP contribution in [0.15, 0.2) is 29.3 Å². The molecule has 0 unspecified atom stereocenters. The summed E-state index contributed by atoms with van der Waals surface area (Å²) in [6, 6.07) is 7.77. The Balaban J connectivity index is 1.86.